The van der Waals surface area contributed by atoms with Crippen molar-refractivity contribution >= 4 is 21.7 Å². The van der Waals surface area contributed by atoms with E-state index in [1.54, 1.807) is 12.4 Å². The fourth-order valence-corrected chi connectivity index (χ4v) is 2.51. The van der Waals surface area contributed by atoms with Crippen molar-refractivity contribution in [3.63, 3.8) is 0 Å². The number of hydrogen-bond acceptors (Lipinski definition) is 4. The van der Waals surface area contributed by atoms with Gasteiger partial charge in [-0.25, -0.2) is 9.97 Å². The second kappa shape index (κ2) is 7.33. The van der Waals surface area contributed by atoms with Gasteiger partial charge in [0, 0.05) is 25.4 Å². The zero-order chi connectivity index (χ0) is 14.4. The van der Waals surface area contributed by atoms with Gasteiger partial charge in [-0.1, -0.05) is 13.3 Å². The molecule has 0 spiro atoms. The molecule has 0 bridgehead atoms. The van der Waals surface area contributed by atoms with Crippen LogP contribution in [-0.4, -0.2) is 21.5 Å². The summed E-state index contributed by atoms with van der Waals surface area (Å²) >= 11 is 3.61. The average Bonchev–Trinajstić information content (AvgIpc) is 2.45. The Morgan fingerprint density at radius 3 is 2.55 bits per heavy atom. The number of nitrogens with one attached hydrogen (secondary N) is 1. The van der Waals surface area contributed by atoms with Crippen LogP contribution in [0, 0.1) is 0 Å². The predicted octanol–water partition coefficient (Wildman–Crippen LogP) is 3.61. The van der Waals surface area contributed by atoms with E-state index in [1.165, 1.54) is 5.56 Å². The SMILES string of the molecule is CCCc1nc(Cc2ccncc2)nc(NCC)c1Br. The van der Waals surface area contributed by atoms with E-state index < -0.39 is 0 Å². The normalized spacial score (nSPS) is 10.6. The van der Waals surface area contributed by atoms with Crippen LogP contribution in [0.5, 0.6) is 0 Å². The molecule has 0 fully saturated rings. The predicted molar refractivity (Wildman–Crippen MR) is 84.9 cm³/mol. The van der Waals surface area contributed by atoms with Crippen LogP contribution in [-0.2, 0) is 12.8 Å². The number of nitrogens with zero attached hydrogens (tertiary/aromatic N) is 3. The van der Waals surface area contributed by atoms with Gasteiger partial charge in [0.05, 0.1) is 10.2 Å². The van der Waals surface area contributed by atoms with Crippen molar-refractivity contribution in [2.75, 3.05) is 11.9 Å². The molecule has 4 nitrogen and oxygen atoms in total. The molecule has 1 N–H and O–H groups in total. The minimum absolute atomic E-state index is 0.727. The van der Waals surface area contributed by atoms with E-state index in [2.05, 4.69) is 50.0 Å². The second-order valence-corrected chi connectivity index (χ2v) is 5.35. The molecule has 2 aromatic heterocycles. The van der Waals surface area contributed by atoms with Gasteiger partial charge in [0.25, 0.3) is 0 Å². The smallest absolute Gasteiger partial charge is 0.144 e. The highest BCUT2D eigenvalue weighted by Crippen LogP contribution is 2.25. The molecule has 0 atom stereocenters. The van der Waals surface area contributed by atoms with E-state index in [1.807, 2.05) is 12.1 Å². The monoisotopic (exact) mass is 334 g/mol. The molecule has 0 amide bonds. The average molecular weight is 335 g/mol. The van der Waals surface area contributed by atoms with E-state index in [4.69, 9.17) is 0 Å². The minimum atomic E-state index is 0.727. The molecule has 0 saturated carbocycles. The van der Waals surface area contributed by atoms with Gasteiger partial charge in [0.2, 0.25) is 0 Å². The van der Waals surface area contributed by atoms with Crippen LogP contribution in [0.1, 0.15) is 37.4 Å². The van der Waals surface area contributed by atoms with Gasteiger partial charge in [0.1, 0.15) is 11.6 Å². The van der Waals surface area contributed by atoms with Crippen molar-refractivity contribution in [1.29, 1.82) is 0 Å². The molecule has 106 valence electrons. The Bertz CT molecular complexity index is 530. The van der Waals surface area contributed by atoms with E-state index >= 15 is 0 Å². The van der Waals surface area contributed by atoms with Crippen molar-refractivity contribution in [2.45, 2.75) is 33.1 Å². The summed E-state index contributed by atoms with van der Waals surface area (Å²) in [5.41, 5.74) is 2.25. The van der Waals surface area contributed by atoms with E-state index in [9.17, 15) is 0 Å². The van der Waals surface area contributed by atoms with Crippen LogP contribution < -0.4 is 5.32 Å². The van der Waals surface area contributed by atoms with E-state index in [0.29, 0.717) is 0 Å². The molecule has 0 aliphatic heterocycles. The maximum absolute atomic E-state index is 4.68. The highest BCUT2D eigenvalue weighted by Gasteiger charge is 2.11. The molecule has 0 aliphatic rings. The lowest BCUT2D eigenvalue weighted by Crippen LogP contribution is -2.08. The zero-order valence-corrected chi connectivity index (χ0v) is 13.4. The number of anilines is 1. The van der Waals surface area contributed by atoms with Crippen LogP contribution in [0.4, 0.5) is 5.82 Å². The van der Waals surface area contributed by atoms with Crippen molar-refractivity contribution in [1.82, 2.24) is 15.0 Å². The summed E-state index contributed by atoms with van der Waals surface area (Å²) in [6.45, 7) is 5.07. The third kappa shape index (κ3) is 3.76. The van der Waals surface area contributed by atoms with E-state index in [0.717, 1.165) is 47.6 Å². The highest BCUT2D eigenvalue weighted by atomic mass is 79.9. The van der Waals surface area contributed by atoms with Crippen molar-refractivity contribution in [2.24, 2.45) is 0 Å². The largest absolute Gasteiger partial charge is 0.369 e. The van der Waals surface area contributed by atoms with Crippen molar-refractivity contribution in [3.8, 4) is 0 Å². The summed E-state index contributed by atoms with van der Waals surface area (Å²) in [6, 6.07) is 4.00. The van der Waals surface area contributed by atoms with Gasteiger partial charge in [-0.05, 0) is 47.0 Å². The standard InChI is InChI=1S/C15H19BrN4/c1-3-5-12-14(16)15(18-4-2)20-13(19-12)10-11-6-8-17-9-7-11/h6-9H,3-5,10H2,1-2H3,(H,18,19,20). The van der Waals surface area contributed by atoms with Crippen LogP contribution in [0.25, 0.3) is 0 Å². The first-order chi connectivity index (χ1) is 9.74. The highest BCUT2D eigenvalue weighted by molar-refractivity contribution is 9.10. The van der Waals surface area contributed by atoms with Crippen LogP contribution in [0.15, 0.2) is 29.0 Å². The minimum Gasteiger partial charge on any atom is -0.369 e. The molecule has 5 heteroatoms. The van der Waals surface area contributed by atoms with Gasteiger partial charge in [0.15, 0.2) is 0 Å². The summed E-state index contributed by atoms with van der Waals surface area (Å²) in [5.74, 6) is 1.73. The Hall–Kier alpha value is -1.49. The second-order valence-electron chi connectivity index (χ2n) is 4.56. The van der Waals surface area contributed by atoms with Crippen LogP contribution in [0.2, 0.25) is 0 Å². The first-order valence-corrected chi connectivity index (χ1v) is 7.72. The number of aromatic nitrogens is 3. The summed E-state index contributed by atoms with van der Waals surface area (Å²) in [4.78, 5) is 13.3. The molecule has 0 aromatic carbocycles. The fourth-order valence-electron chi connectivity index (χ4n) is 1.99. The summed E-state index contributed by atoms with van der Waals surface area (Å²) in [6.07, 6.45) is 6.34. The lowest BCUT2D eigenvalue weighted by atomic mass is 10.2. The number of hydrogen-bond donors (Lipinski definition) is 1. The Labute approximate surface area is 128 Å². The lowest BCUT2D eigenvalue weighted by Gasteiger charge is -2.12. The van der Waals surface area contributed by atoms with Crippen molar-refractivity contribution in [3.05, 3.63) is 46.1 Å². The number of pyridine rings is 1. The fraction of sp³-hybridized carbons (Fsp3) is 0.400. The summed E-state index contributed by atoms with van der Waals surface area (Å²) in [5, 5.41) is 3.29. The number of halogens is 1. The van der Waals surface area contributed by atoms with Crippen LogP contribution >= 0.6 is 15.9 Å². The molecule has 20 heavy (non-hydrogen) atoms. The number of aryl methyl sites for hydroxylation is 1. The molecule has 2 heterocycles. The molecule has 0 unspecified atom stereocenters. The van der Waals surface area contributed by atoms with Gasteiger partial charge < -0.3 is 5.32 Å². The van der Waals surface area contributed by atoms with Crippen LogP contribution in [0.3, 0.4) is 0 Å². The van der Waals surface area contributed by atoms with Gasteiger partial charge in [-0.3, -0.25) is 4.98 Å². The Morgan fingerprint density at radius 2 is 1.90 bits per heavy atom. The molecule has 2 rings (SSSR count). The topological polar surface area (TPSA) is 50.7 Å². The zero-order valence-electron chi connectivity index (χ0n) is 11.9. The summed E-state index contributed by atoms with van der Waals surface area (Å²) < 4.78 is 0.986. The first kappa shape index (κ1) is 14.9. The third-order valence-corrected chi connectivity index (χ3v) is 3.74. The molecular weight excluding hydrogens is 316 g/mol. The van der Waals surface area contributed by atoms with E-state index in [-0.39, 0.29) is 0 Å². The molecular formula is C15H19BrN4. The van der Waals surface area contributed by atoms with Gasteiger partial charge in [-0.2, -0.15) is 0 Å². The molecule has 2 aromatic rings. The molecule has 0 aliphatic carbocycles. The summed E-state index contributed by atoms with van der Waals surface area (Å²) in [7, 11) is 0. The molecule has 0 saturated heterocycles. The van der Waals surface area contributed by atoms with Gasteiger partial charge >= 0.3 is 0 Å². The lowest BCUT2D eigenvalue weighted by molar-refractivity contribution is 0.833. The number of rotatable bonds is 6. The molecule has 0 radical (unpaired) electrons. The quantitative estimate of drug-likeness (QED) is 0.876. The Balaban J connectivity index is 2.32. The maximum Gasteiger partial charge on any atom is 0.144 e. The third-order valence-electron chi connectivity index (χ3n) is 2.91. The Kier molecular flexibility index (Phi) is 5.47. The Morgan fingerprint density at radius 1 is 1.15 bits per heavy atom. The van der Waals surface area contributed by atoms with Crippen molar-refractivity contribution < 1.29 is 0 Å². The maximum atomic E-state index is 4.68. The first-order valence-electron chi connectivity index (χ1n) is 6.92. The van der Waals surface area contributed by atoms with Gasteiger partial charge in [-0.15, -0.1) is 0 Å².